The van der Waals surface area contributed by atoms with Crippen molar-refractivity contribution in [1.29, 1.82) is 0 Å². The first-order chi connectivity index (χ1) is 20.0. The van der Waals surface area contributed by atoms with Gasteiger partial charge >= 0.3 is 0 Å². The number of fused-ring (bicyclic) bond motifs is 1. The Hall–Kier alpha value is -3.90. The molecule has 1 saturated carbocycles. The van der Waals surface area contributed by atoms with E-state index in [0.29, 0.717) is 28.7 Å². The van der Waals surface area contributed by atoms with Crippen LogP contribution in [0, 0.1) is 5.82 Å². The van der Waals surface area contributed by atoms with Crippen molar-refractivity contribution in [2.24, 2.45) is 0 Å². The van der Waals surface area contributed by atoms with Gasteiger partial charge < -0.3 is 10.2 Å². The molecule has 0 radical (unpaired) electrons. The molecule has 0 atom stereocenters. The summed E-state index contributed by atoms with van der Waals surface area (Å²) >= 11 is 0. The number of sulfonamides is 1. The summed E-state index contributed by atoms with van der Waals surface area (Å²) in [6, 6.07) is 13.1. The second-order valence-corrected chi connectivity index (χ2v) is 13.0. The zero-order valence-corrected chi connectivity index (χ0v) is 25.0. The third kappa shape index (κ3) is 6.60. The number of benzene rings is 2. The lowest BCUT2D eigenvalue weighted by atomic mass is 9.91. The van der Waals surface area contributed by atoms with Gasteiger partial charge in [0.05, 0.1) is 17.6 Å². The number of halogens is 1. The van der Waals surface area contributed by atoms with Crippen molar-refractivity contribution in [2.45, 2.75) is 63.4 Å². The fourth-order valence-corrected chi connectivity index (χ4v) is 6.60. The summed E-state index contributed by atoms with van der Waals surface area (Å²) in [6.45, 7) is 3.74. The van der Waals surface area contributed by atoms with Gasteiger partial charge in [0.25, 0.3) is 5.56 Å². The summed E-state index contributed by atoms with van der Waals surface area (Å²) in [6.07, 6.45) is 5.75. The van der Waals surface area contributed by atoms with Crippen LogP contribution in [0.4, 0.5) is 16.0 Å². The molecule has 4 aromatic rings. The van der Waals surface area contributed by atoms with Crippen LogP contribution in [0.15, 0.2) is 59.5 Å². The first-order valence-electron chi connectivity index (χ1n) is 14.1. The van der Waals surface area contributed by atoms with Crippen molar-refractivity contribution in [3.63, 3.8) is 0 Å². The minimum Gasteiger partial charge on any atom is -0.351 e. The fourth-order valence-electron chi connectivity index (χ4n) is 5.40. The number of rotatable bonds is 9. The number of aromatic nitrogens is 4. The van der Waals surface area contributed by atoms with Crippen molar-refractivity contribution >= 4 is 32.8 Å². The minimum absolute atomic E-state index is 0.0279. The lowest BCUT2D eigenvalue weighted by Gasteiger charge is -2.32. The Kier molecular flexibility index (Phi) is 8.55. The highest BCUT2D eigenvalue weighted by Crippen LogP contribution is 2.26. The maximum atomic E-state index is 15.2. The number of nitrogens with zero attached hydrogens (tertiary/aromatic N) is 5. The number of nitrogens with one attached hydrogen (secondary N) is 2. The molecule has 10 nitrogen and oxygen atoms in total. The van der Waals surface area contributed by atoms with Crippen molar-refractivity contribution in [3.05, 3.63) is 76.5 Å². The van der Waals surface area contributed by atoms with Gasteiger partial charge in [0.15, 0.2) is 5.65 Å². The maximum absolute atomic E-state index is 15.2. The summed E-state index contributed by atoms with van der Waals surface area (Å²) in [7, 11) is 0.351. The molecule has 222 valence electrons. The molecule has 1 aliphatic rings. The van der Waals surface area contributed by atoms with Gasteiger partial charge in [-0.15, -0.1) is 0 Å². The van der Waals surface area contributed by atoms with Gasteiger partial charge in [-0.05, 0) is 71.3 Å². The number of anilines is 2. The molecule has 2 aromatic heterocycles. The van der Waals surface area contributed by atoms with Gasteiger partial charge in [-0.2, -0.15) is 4.98 Å². The monoisotopic (exact) mass is 593 g/mol. The first kappa shape index (κ1) is 29.6. The van der Waals surface area contributed by atoms with E-state index in [4.69, 9.17) is 0 Å². The van der Waals surface area contributed by atoms with Gasteiger partial charge in [-0.1, -0.05) is 36.4 Å². The Balaban J connectivity index is 1.41. The van der Waals surface area contributed by atoms with Crippen LogP contribution in [0.5, 0.6) is 0 Å². The Morgan fingerprint density at radius 1 is 1.05 bits per heavy atom. The largest absolute Gasteiger partial charge is 0.351 e. The Morgan fingerprint density at radius 2 is 1.76 bits per heavy atom. The smallest absolute Gasteiger partial charge is 0.278 e. The molecule has 0 unspecified atom stereocenters. The second-order valence-electron chi connectivity index (χ2n) is 11.3. The molecule has 5 rings (SSSR count). The second kappa shape index (κ2) is 12.1. The summed E-state index contributed by atoms with van der Waals surface area (Å²) in [5.41, 5.74) is 0.981. The van der Waals surface area contributed by atoms with E-state index in [1.165, 1.54) is 16.7 Å². The van der Waals surface area contributed by atoms with Gasteiger partial charge in [-0.3, -0.25) is 14.1 Å². The van der Waals surface area contributed by atoms with E-state index < -0.39 is 21.4 Å². The van der Waals surface area contributed by atoms with Crippen molar-refractivity contribution < 1.29 is 12.8 Å². The Morgan fingerprint density at radius 3 is 2.40 bits per heavy atom. The third-order valence-corrected chi connectivity index (χ3v) is 8.86. The fraction of sp³-hybridized carbons (Fsp3) is 0.400. The molecular formula is C30H36FN7O3S. The molecule has 2 N–H and O–H groups in total. The van der Waals surface area contributed by atoms with E-state index in [1.807, 2.05) is 13.8 Å². The summed E-state index contributed by atoms with van der Waals surface area (Å²) < 4.78 is 44.2. The zero-order chi connectivity index (χ0) is 30.0. The highest BCUT2D eigenvalue weighted by molar-refractivity contribution is 7.91. The lowest BCUT2D eigenvalue weighted by molar-refractivity contribution is 0.221. The molecule has 0 aliphatic heterocycles. The molecule has 1 aliphatic carbocycles. The van der Waals surface area contributed by atoms with Crippen LogP contribution >= 0.6 is 0 Å². The quantitative estimate of drug-likeness (QED) is 0.284. The molecule has 0 spiro atoms. The van der Waals surface area contributed by atoms with E-state index in [9.17, 15) is 13.2 Å². The average molecular weight is 594 g/mol. The van der Waals surface area contributed by atoms with Crippen LogP contribution < -0.4 is 15.6 Å². The molecule has 2 heterocycles. The predicted molar refractivity (Wildman–Crippen MR) is 163 cm³/mol. The standard InChI is InChI=1S/C30H36FN7O3S/c1-19(2)38-28-26(17-32-30(35-28)33-22-11-13-23(14-12-22)37(3)4)34-27(29(38)39)21-10-15-25(24(31)16-21)36-42(40,41)18-20-8-6-5-7-9-20/h5-10,15-17,19,22-23,36H,11-14,18H2,1-4H3,(H,32,33,35)/t22-,23-. The van der Waals surface area contributed by atoms with Crippen LogP contribution in [-0.2, 0) is 15.8 Å². The van der Waals surface area contributed by atoms with Crippen molar-refractivity contribution in [2.75, 3.05) is 24.1 Å². The molecule has 0 bridgehead atoms. The molecular weight excluding hydrogens is 557 g/mol. The average Bonchev–Trinajstić information content (AvgIpc) is 2.94. The molecule has 42 heavy (non-hydrogen) atoms. The van der Waals surface area contributed by atoms with E-state index >= 15 is 4.39 Å². The van der Waals surface area contributed by atoms with E-state index in [0.717, 1.165) is 31.7 Å². The van der Waals surface area contributed by atoms with E-state index in [1.54, 1.807) is 36.5 Å². The van der Waals surface area contributed by atoms with Gasteiger partial charge in [0, 0.05) is 23.7 Å². The van der Waals surface area contributed by atoms with Crippen LogP contribution in [0.1, 0.15) is 51.1 Å². The van der Waals surface area contributed by atoms with E-state index in [2.05, 4.69) is 44.0 Å². The Labute approximate surface area is 245 Å². The lowest BCUT2D eigenvalue weighted by Crippen LogP contribution is -2.36. The van der Waals surface area contributed by atoms with Crippen molar-refractivity contribution in [1.82, 2.24) is 24.4 Å². The van der Waals surface area contributed by atoms with Crippen LogP contribution in [0.3, 0.4) is 0 Å². The summed E-state index contributed by atoms with van der Waals surface area (Å²) in [4.78, 5) is 29.5. The molecule has 0 amide bonds. The van der Waals surface area contributed by atoms with Crippen LogP contribution in [-0.4, -0.2) is 59.0 Å². The van der Waals surface area contributed by atoms with Crippen molar-refractivity contribution in [3.8, 4) is 11.3 Å². The van der Waals surface area contributed by atoms with Gasteiger partial charge in [-0.25, -0.2) is 22.8 Å². The Bertz CT molecular complexity index is 1740. The van der Waals surface area contributed by atoms with E-state index in [-0.39, 0.29) is 34.8 Å². The maximum Gasteiger partial charge on any atom is 0.278 e. The normalized spacial score (nSPS) is 17.6. The highest BCUT2D eigenvalue weighted by Gasteiger charge is 2.24. The number of hydrogen-bond acceptors (Lipinski definition) is 8. The van der Waals surface area contributed by atoms with Crippen LogP contribution in [0.25, 0.3) is 22.4 Å². The van der Waals surface area contributed by atoms with Gasteiger partial charge in [0.2, 0.25) is 16.0 Å². The third-order valence-electron chi connectivity index (χ3n) is 7.62. The summed E-state index contributed by atoms with van der Waals surface area (Å²) in [5.74, 6) is -0.673. The zero-order valence-electron chi connectivity index (χ0n) is 24.2. The van der Waals surface area contributed by atoms with Crippen LogP contribution in [0.2, 0.25) is 0 Å². The topological polar surface area (TPSA) is 122 Å². The molecule has 0 saturated heterocycles. The SMILES string of the molecule is CC(C)n1c(=O)c(-c2ccc(NS(=O)(=O)Cc3ccccc3)c(F)c2)nc2cnc(N[C@H]3CC[C@H](N(C)C)CC3)nc21. The molecule has 1 fully saturated rings. The van der Waals surface area contributed by atoms with Gasteiger partial charge in [0.1, 0.15) is 17.0 Å². The molecule has 2 aromatic carbocycles. The number of hydrogen-bond donors (Lipinski definition) is 2. The summed E-state index contributed by atoms with van der Waals surface area (Å²) in [5, 5.41) is 3.42. The predicted octanol–water partition coefficient (Wildman–Crippen LogP) is 4.80. The minimum atomic E-state index is -3.86. The molecule has 12 heteroatoms. The first-order valence-corrected chi connectivity index (χ1v) is 15.7. The highest BCUT2D eigenvalue weighted by atomic mass is 32.2.